The lowest BCUT2D eigenvalue weighted by Gasteiger charge is -2.09. The van der Waals surface area contributed by atoms with Crippen LogP contribution in [0.3, 0.4) is 0 Å². The lowest BCUT2D eigenvalue weighted by Crippen LogP contribution is -2.29. The second kappa shape index (κ2) is 6.17. The van der Waals surface area contributed by atoms with Crippen molar-refractivity contribution in [3.8, 4) is 0 Å². The average Bonchev–Trinajstić information content (AvgIpc) is 2.12. The molecule has 0 aromatic heterocycles. The summed E-state index contributed by atoms with van der Waals surface area (Å²) in [5.74, 6) is -5.74. The van der Waals surface area contributed by atoms with Gasteiger partial charge in [-0.1, -0.05) is 0 Å². The Hall–Kier alpha value is -2.38. The summed E-state index contributed by atoms with van der Waals surface area (Å²) < 4.78 is 4.20. The maximum Gasteiger partial charge on any atom is 0.345 e. The van der Waals surface area contributed by atoms with Gasteiger partial charge in [-0.25, -0.2) is 14.4 Å². The van der Waals surface area contributed by atoms with Crippen molar-refractivity contribution in [2.24, 2.45) is 0 Å². The fourth-order valence-corrected chi connectivity index (χ4v) is 0.657. The monoisotopic (exact) mass is 232 g/mol. The number of aliphatic carboxylic acids is 3. The third kappa shape index (κ3) is 6.13. The van der Waals surface area contributed by atoms with Crippen molar-refractivity contribution in [2.75, 3.05) is 0 Å². The van der Waals surface area contributed by atoms with E-state index in [9.17, 15) is 19.2 Å². The molecule has 88 valence electrons. The van der Waals surface area contributed by atoms with E-state index in [0.717, 1.165) is 0 Å². The van der Waals surface area contributed by atoms with Crippen molar-refractivity contribution in [3.63, 3.8) is 0 Å². The number of carbonyl (C=O) groups excluding carboxylic acids is 1. The summed E-state index contributed by atoms with van der Waals surface area (Å²) in [5, 5.41) is 24.9. The second-order valence-electron chi connectivity index (χ2n) is 2.53. The average molecular weight is 232 g/mol. The fourth-order valence-electron chi connectivity index (χ4n) is 0.657. The minimum absolute atomic E-state index is 0.446. The Labute approximate surface area is 88.7 Å². The van der Waals surface area contributed by atoms with Gasteiger partial charge in [-0.3, -0.25) is 4.79 Å². The molecule has 0 rings (SSSR count). The zero-order chi connectivity index (χ0) is 12.7. The molecule has 0 aromatic carbocycles. The zero-order valence-corrected chi connectivity index (χ0v) is 7.82. The van der Waals surface area contributed by atoms with Crippen LogP contribution in [0.5, 0.6) is 0 Å². The van der Waals surface area contributed by atoms with Crippen LogP contribution < -0.4 is 0 Å². The third-order valence-corrected chi connectivity index (χ3v) is 1.26. The van der Waals surface area contributed by atoms with Crippen molar-refractivity contribution >= 4 is 23.9 Å². The number of rotatable bonds is 6. The lowest BCUT2D eigenvalue weighted by atomic mass is 10.2. The molecule has 0 aliphatic rings. The number of carboxylic acids is 3. The van der Waals surface area contributed by atoms with E-state index in [-0.39, 0.29) is 0 Å². The number of ether oxygens (including phenoxy) is 1. The van der Waals surface area contributed by atoms with Crippen LogP contribution in [-0.2, 0) is 23.9 Å². The van der Waals surface area contributed by atoms with Crippen molar-refractivity contribution < 1.29 is 39.2 Å². The van der Waals surface area contributed by atoms with Crippen molar-refractivity contribution in [1.29, 1.82) is 0 Å². The van der Waals surface area contributed by atoms with Crippen LogP contribution in [0.4, 0.5) is 0 Å². The molecule has 0 saturated carbocycles. The van der Waals surface area contributed by atoms with Crippen LogP contribution in [-0.4, -0.2) is 45.3 Å². The van der Waals surface area contributed by atoms with E-state index in [1.165, 1.54) is 0 Å². The molecule has 0 fully saturated rings. The molecule has 0 aliphatic heterocycles. The summed E-state index contributed by atoms with van der Waals surface area (Å²) in [6.07, 6.45) is -1.81. The first-order valence-corrected chi connectivity index (χ1v) is 3.89. The van der Waals surface area contributed by atoms with Crippen LogP contribution in [0, 0.1) is 0 Å². The molecule has 0 spiro atoms. The minimum Gasteiger partial charge on any atom is -0.481 e. The summed E-state index contributed by atoms with van der Waals surface area (Å²) in [6, 6.07) is 0. The second-order valence-corrected chi connectivity index (χ2v) is 2.53. The molecule has 0 heterocycles. The molecule has 8 nitrogen and oxygen atoms in total. The van der Waals surface area contributed by atoms with Gasteiger partial charge in [0, 0.05) is 12.2 Å². The Morgan fingerprint density at radius 1 is 1.06 bits per heavy atom. The highest BCUT2D eigenvalue weighted by Crippen LogP contribution is 2.00. The van der Waals surface area contributed by atoms with E-state index in [2.05, 4.69) is 4.74 Å². The molecular weight excluding hydrogens is 224 g/mol. The molecule has 0 bridgehead atoms. The molecule has 0 amide bonds. The van der Waals surface area contributed by atoms with E-state index in [4.69, 9.17) is 15.3 Å². The minimum atomic E-state index is -1.84. The van der Waals surface area contributed by atoms with E-state index >= 15 is 0 Å². The largest absolute Gasteiger partial charge is 0.481 e. The predicted octanol–water partition coefficient (Wildman–Crippen LogP) is -0.902. The van der Waals surface area contributed by atoms with Crippen LogP contribution in [0.2, 0.25) is 0 Å². The molecule has 3 N–H and O–H groups in total. The van der Waals surface area contributed by atoms with Gasteiger partial charge in [0.05, 0.1) is 6.42 Å². The Balaban J connectivity index is 4.40. The quantitative estimate of drug-likeness (QED) is 0.395. The highest BCUT2D eigenvalue weighted by Gasteiger charge is 2.24. The van der Waals surface area contributed by atoms with Gasteiger partial charge in [-0.15, -0.1) is 0 Å². The molecule has 0 saturated heterocycles. The van der Waals surface area contributed by atoms with Crippen LogP contribution in [0.15, 0.2) is 12.2 Å². The Morgan fingerprint density at radius 3 is 2.00 bits per heavy atom. The summed E-state index contributed by atoms with van der Waals surface area (Å²) in [5.41, 5.74) is 0. The molecule has 1 unspecified atom stereocenters. The molecule has 0 aliphatic carbocycles. The fraction of sp³-hybridized carbons (Fsp3) is 0.250. The van der Waals surface area contributed by atoms with Crippen LogP contribution in [0.25, 0.3) is 0 Å². The van der Waals surface area contributed by atoms with Crippen molar-refractivity contribution in [1.82, 2.24) is 0 Å². The van der Waals surface area contributed by atoms with Crippen LogP contribution in [0.1, 0.15) is 6.42 Å². The molecule has 0 radical (unpaired) electrons. The lowest BCUT2D eigenvalue weighted by molar-refractivity contribution is -0.164. The van der Waals surface area contributed by atoms with Gasteiger partial charge in [0.1, 0.15) is 0 Å². The topological polar surface area (TPSA) is 138 Å². The number of carbonyl (C=O) groups is 4. The zero-order valence-electron chi connectivity index (χ0n) is 7.82. The van der Waals surface area contributed by atoms with Gasteiger partial charge in [-0.05, 0) is 0 Å². The van der Waals surface area contributed by atoms with Crippen LogP contribution >= 0.6 is 0 Å². The highest BCUT2D eigenvalue weighted by molar-refractivity contribution is 5.92. The van der Waals surface area contributed by atoms with Crippen molar-refractivity contribution in [2.45, 2.75) is 12.5 Å². The molecule has 1 atom stereocenters. The maximum absolute atomic E-state index is 10.8. The normalized spacial score (nSPS) is 12.0. The van der Waals surface area contributed by atoms with Gasteiger partial charge in [0.15, 0.2) is 0 Å². The first kappa shape index (κ1) is 13.6. The first-order chi connectivity index (χ1) is 7.32. The number of esters is 1. The summed E-state index contributed by atoms with van der Waals surface area (Å²) in [7, 11) is 0. The van der Waals surface area contributed by atoms with Gasteiger partial charge >= 0.3 is 23.9 Å². The molecule has 16 heavy (non-hydrogen) atoms. The molecular formula is C8H8O8. The number of hydrogen-bond acceptors (Lipinski definition) is 5. The first-order valence-electron chi connectivity index (χ1n) is 3.89. The van der Waals surface area contributed by atoms with Crippen molar-refractivity contribution in [3.05, 3.63) is 12.2 Å². The number of carboxylic acid groups (broad SMARTS) is 3. The summed E-state index contributed by atoms with van der Waals surface area (Å²) >= 11 is 0. The van der Waals surface area contributed by atoms with E-state index in [1.807, 2.05) is 0 Å². The Kier molecular flexibility index (Phi) is 5.25. The highest BCUT2D eigenvalue weighted by atomic mass is 16.6. The standard InChI is InChI=1S/C8H8O8/c9-5(10)1-2-7(13)16-4(8(14)15)3-6(11)12/h1-2,4H,3H2,(H,9,10)(H,11,12)(H,14,15)/b2-1-. The smallest absolute Gasteiger partial charge is 0.345 e. The summed E-state index contributed by atoms with van der Waals surface area (Å²) in [4.78, 5) is 41.4. The van der Waals surface area contributed by atoms with E-state index in [1.54, 1.807) is 0 Å². The van der Waals surface area contributed by atoms with Gasteiger partial charge in [0.2, 0.25) is 6.10 Å². The van der Waals surface area contributed by atoms with Gasteiger partial charge in [0.25, 0.3) is 0 Å². The Bertz CT molecular complexity index is 342. The maximum atomic E-state index is 10.8. The van der Waals surface area contributed by atoms with E-state index < -0.39 is 36.4 Å². The van der Waals surface area contributed by atoms with E-state index in [0.29, 0.717) is 12.2 Å². The SMILES string of the molecule is O=C(O)/C=C\C(=O)OC(CC(=O)O)C(=O)O. The molecule has 0 aromatic rings. The predicted molar refractivity (Wildman–Crippen MR) is 46.5 cm³/mol. The third-order valence-electron chi connectivity index (χ3n) is 1.26. The molecule has 8 heteroatoms. The summed E-state index contributed by atoms with van der Waals surface area (Å²) in [6.45, 7) is 0. The Morgan fingerprint density at radius 2 is 1.62 bits per heavy atom. The number of hydrogen-bond donors (Lipinski definition) is 3. The van der Waals surface area contributed by atoms with Gasteiger partial charge < -0.3 is 20.1 Å². The van der Waals surface area contributed by atoms with Gasteiger partial charge in [-0.2, -0.15) is 0 Å².